The summed E-state index contributed by atoms with van der Waals surface area (Å²) in [5, 5.41) is 1.20. The summed E-state index contributed by atoms with van der Waals surface area (Å²) < 4.78 is 16.4. The van der Waals surface area contributed by atoms with Crippen molar-refractivity contribution in [3.8, 4) is 17.2 Å². The molecular weight excluding hydrogens is 564 g/mol. The quantitative estimate of drug-likeness (QED) is 0.225. The lowest BCUT2D eigenvalue weighted by Gasteiger charge is -2.34. The Morgan fingerprint density at radius 3 is 1.81 bits per heavy atom. The van der Waals surface area contributed by atoms with Crippen LogP contribution in [0.2, 0.25) is 15.1 Å². The molecule has 3 nitrogen and oxygen atoms in total. The number of hydrogen-bond donors (Lipinski definition) is 0. The van der Waals surface area contributed by atoms with Gasteiger partial charge in [-0.3, -0.25) is 0 Å². The van der Waals surface area contributed by atoms with Crippen molar-refractivity contribution in [1.82, 2.24) is 0 Å². The standard InChI is InChI=1S/C20H11Cl6O3PS/c21-11-5-7-16-13(9-11)19(20(24,25)26)14-10-12(22)6-8-17(14)28-30(31,27-16)29-18-4-2-1-3-15(18)23/h1-10,19H. The minimum Gasteiger partial charge on any atom is -0.407 e. The lowest BCUT2D eigenvalue weighted by molar-refractivity contribution is 0.374. The third kappa shape index (κ3) is 5.18. The fourth-order valence-electron chi connectivity index (χ4n) is 3.11. The van der Waals surface area contributed by atoms with Crippen LogP contribution in [0.5, 0.6) is 17.2 Å². The summed E-state index contributed by atoms with van der Waals surface area (Å²) in [6.07, 6.45) is 0. The molecule has 0 amide bonds. The van der Waals surface area contributed by atoms with Crippen LogP contribution in [0.4, 0.5) is 0 Å². The average Bonchev–Trinajstić information content (AvgIpc) is 2.66. The summed E-state index contributed by atoms with van der Waals surface area (Å²) in [4.78, 5) is 0. The first-order chi connectivity index (χ1) is 14.6. The molecule has 162 valence electrons. The van der Waals surface area contributed by atoms with Gasteiger partial charge in [-0.05, 0) is 48.5 Å². The van der Waals surface area contributed by atoms with Gasteiger partial charge < -0.3 is 13.6 Å². The number of rotatable bonds is 2. The van der Waals surface area contributed by atoms with Gasteiger partial charge in [-0.15, -0.1) is 0 Å². The van der Waals surface area contributed by atoms with Gasteiger partial charge in [0.15, 0.2) is 0 Å². The van der Waals surface area contributed by atoms with Crippen LogP contribution >= 0.6 is 76.3 Å². The summed E-state index contributed by atoms with van der Waals surface area (Å²) in [5.74, 6) is 0.115. The van der Waals surface area contributed by atoms with E-state index in [0.29, 0.717) is 43.4 Å². The van der Waals surface area contributed by atoms with E-state index in [-0.39, 0.29) is 0 Å². The first kappa shape index (κ1) is 23.6. The second kappa shape index (κ2) is 9.00. The molecule has 31 heavy (non-hydrogen) atoms. The third-order valence-electron chi connectivity index (χ3n) is 4.36. The predicted octanol–water partition coefficient (Wildman–Crippen LogP) is 9.22. The Hall–Kier alpha value is -0.550. The van der Waals surface area contributed by atoms with E-state index in [0.717, 1.165) is 0 Å². The van der Waals surface area contributed by atoms with E-state index in [1.54, 1.807) is 60.7 Å². The Morgan fingerprint density at radius 1 is 0.806 bits per heavy atom. The van der Waals surface area contributed by atoms with Gasteiger partial charge in [0.2, 0.25) is 3.79 Å². The Bertz CT molecular complexity index is 1140. The largest absolute Gasteiger partial charge is 0.490 e. The molecule has 11 heteroatoms. The topological polar surface area (TPSA) is 27.7 Å². The van der Waals surface area contributed by atoms with Gasteiger partial charge in [-0.1, -0.05) is 81.7 Å². The van der Waals surface area contributed by atoms with Crippen molar-refractivity contribution in [3.05, 3.63) is 86.9 Å². The molecule has 0 spiro atoms. The van der Waals surface area contributed by atoms with Gasteiger partial charge >= 0.3 is 6.72 Å². The lowest BCUT2D eigenvalue weighted by Crippen LogP contribution is -2.23. The zero-order chi connectivity index (χ0) is 22.4. The summed E-state index contributed by atoms with van der Waals surface area (Å²) in [6.45, 7) is -3.47. The Morgan fingerprint density at radius 2 is 1.32 bits per heavy atom. The van der Waals surface area contributed by atoms with E-state index >= 15 is 0 Å². The van der Waals surface area contributed by atoms with Gasteiger partial charge in [-0.25, -0.2) is 0 Å². The van der Waals surface area contributed by atoms with Crippen molar-refractivity contribution in [1.29, 1.82) is 0 Å². The Labute approximate surface area is 214 Å². The summed E-state index contributed by atoms with van der Waals surface area (Å²) in [7, 11) is 0. The maximum Gasteiger partial charge on any atom is 0.490 e. The maximum atomic E-state index is 6.39. The fraction of sp³-hybridized carbons (Fsp3) is 0.100. The second-order valence-electron chi connectivity index (χ2n) is 6.49. The molecule has 0 radical (unpaired) electrons. The summed E-state index contributed by atoms with van der Waals surface area (Å²) in [6, 6.07) is 16.7. The first-order valence-electron chi connectivity index (χ1n) is 8.65. The third-order valence-corrected chi connectivity index (χ3v) is 7.73. The van der Waals surface area contributed by atoms with E-state index in [9.17, 15) is 0 Å². The predicted molar refractivity (Wildman–Crippen MR) is 133 cm³/mol. The zero-order valence-corrected chi connectivity index (χ0v) is 21.4. The monoisotopic (exact) mass is 572 g/mol. The van der Waals surface area contributed by atoms with Crippen molar-refractivity contribution in [3.63, 3.8) is 0 Å². The average molecular weight is 575 g/mol. The van der Waals surface area contributed by atoms with Crippen molar-refractivity contribution in [2.75, 3.05) is 0 Å². The molecule has 0 aliphatic carbocycles. The molecule has 3 aromatic carbocycles. The molecule has 4 rings (SSSR count). The van der Waals surface area contributed by atoms with E-state index in [1.165, 1.54) is 0 Å². The molecule has 0 bridgehead atoms. The van der Waals surface area contributed by atoms with Crippen LogP contribution in [0, 0.1) is 0 Å². The minimum atomic E-state index is -3.47. The molecule has 0 saturated carbocycles. The number of halogens is 6. The van der Waals surface area contributed by atoms with Crippen LogP contribution in [0.1, 0.15) is 17.0 Å². The van der Waals surface area contributed by atoms with Gasteiger partial charge in [0.05, 0.1) is 10.9 Å². The van der Waals surface area contributed by atoms with E-state index in [4.69, 9.17) is 95.0 Å². The number of alkyl halides is 3. The number of para-hydroxylation sites is 1. The van der Waals surface area contributed by atoms with Gasteiger partial charge in [-0.2, -0.15) is 0 Å². The summed E-state index contributed by atoms with van der Waals surface area (Å²) in [5.41, 5.74) is 0.993. The molecule has 0 unspecified atom stereocenters. The van der Waals surface area contributed by atoms with Crippen LogP contribution in [-0.4, -0.2) is 3.79 Å². The van der Waals surface area contributed by atoms with Crippen molar-refractivity contribution in [2.24, 2.45) is 0 Å². The molecule has 0 N–H and O–H groups in total. The first-order valence-corrected chi connectivity index (χ1v) is 13.5. The molecule has 1 aliphatic rings. The van der Waals surface area contributed by atoms with Crippen LogP contribution in [0.3, 0.4) is 0 Å². The van der Waals surface area contributed by atoms with Crippen LogP contribution < -0.4 is 13.6 Å². The normalized spacial score (nSPS) is 20.4. The Kier molecular flexibility index (Phi) is 6.86. The molecule has 1 heterocycles. The highest BCUT2D eigenvalue weighted by Gasteiger charge is 2.43. The number of benzene rings is 3. The van der Waals surface area contributed by atoms with Crippen molar-refractivity contribution in [2.45, 2.75) is 9.71 Å². The molecule has 1 aliphatic heterocycles. The minimum absolute atomic E-state index is 0.307. The smallest absolute Gasteiger partial charge is 0.407 e. The lowest BCUT2D eigenvalue weighted by atomic mass is 9.91. The second-order valence-corrected chi connectivity index (χ2v) is 12.9. The van der Waals surface area contributed by atoms with Crippen LogP contribution in [0.25, 0.3) is 0 Å². The molecule has 0 atom stereocenters. The highest BCUT2D eigenvalue weighted by Crippen LogP contribution is 2.59. The van der Waals surface area contributed by atoms with Gasteiger partial charge in [0.25, 0.3) is 0 Å². The molecule has 0 fully saturated rings. The van der Waals surface area contributed by atoms with E-state index < -0.39 is 16.4 Å². The summed E-state index contributed by atoms with van der Waals surface area (Å²) >= 11 is 43.6. The van der Waals surface area contributed by atoms with Crippen molar-refractivity contribution < 1.29 is 13.6 Å². The van der Waals surface area contributed by atoms with Crippen LogP contribution in [-0.2, 0) is 11.8 Å². The Balaban J connectivity index is 1.94. The molecule has 0 saturated heterocycles. The SMILES string of the molecule is S=P1(Oc2ccccc2Cl)Oc2ccc(Cl)cc2C(C(Cl)(Cl)Cl)c2cc(Cl)ccc2O1. The maximum absolute atomic E-state index is 6.39. The van der Waals surface area contributed by atoms with Gasteiger partial charge in [0.1, 0.15) is 17.2 Å². The highest BCUT2D eigenvalue weighted by molar-refractivity contribution is 8.08. The van der Waals surface area contributed by atoms with E-state index in [2.05, 4.69) is 0 Å². The van der Waals surface area contributed by atoms with Crippen LogP contribution in [0.15, 0.2) is 60.7 Å². The highest BCUT2D eigenvalue weighted by atomic mass is 35.6. The number of hydrogen-bond acceptors (Lipinski definition) is 4. The molecule has 3 aromatic rings. The van der Waals surface area contributed by atoms with Gasteiger partial charge in [0, 0.05) is 33.0 Å². The molecule has 0 aromatic heterocycles. The van der Waals surface area contributed by atoms with Crippen molar-refractivity contribution >= 4 is 88.1 Å². The van der Waals surface area contributed by atoms with E-state index in [1.807, 2.05) is 0 Å². The zero-order valence-electron chi connectivity index (χ0n) is 15.2. The fourth-order valence-corrected chi connectivity index (χ4v) is 6.46. The number of fused-ring (bicyclic) bond motifs is 2. The molecular formula is C20H11Cl6O3PS.